The molecule has 110 valence electrons. The summed E-state index contributed by atoms with van der Waals surface area (Å²) >= 11 is 0. The van der Waals surface area contributed by atoms with Crippen molar-refractivity contribution in [3.63, 3.8) is 0 Å². The van der Waals surface area contributed by atoms with Gasteiger partial charge in [0.15, 0.2) is 0 Å². The summed E-state index contributed by atoms with van der Waals surface area (Å²) in [6.07, 6.45) is 0.534. The van der Waals surface area contributed by atoms with Gasteiger partial charge in [0.05, 0.1) is 11.7 Å². The second-order valence-electron chi connectivity index (χ2n) is 5.43. The molecule has 0 amide bonds. The Hall–Kier alpha value is -1.40. The summed E-state index contributed by atoms with van der Waals surface area (Å²) in [6.45, 7) is 2.37. The summed E-state index contributed by atoms with van der Waals surface area (Å²) in [6, 6.07) is 8.95. The van der Waals surface area contributed by atoms with Crippen LogP contribution in [0.5, 0.6) is 0 Å². The van der Waals surface area contributed by atoms with Gasteiger partial charge in [0.2, 0.25) is 10.0 Å². The molecule has 0 aliphatic carbocycles. The molecular weight excluding hydrogens is 278 g/mol. The molecule has 0 bridgehead atoms. The average molecular weight is 297 g/mol. The number of carboxylic acid groups (broad SMARTS) is 1. The van der Waals surface area contributed by atoms with Gasteiger partial charge in [0.25, 0.3) is 0 Å². The molecule has 1 N–H and O–H groups in total. The van der Waals surface area contributed by atoms with Gasteiger partial charge >= 0.3 is 5.97 Å². The first kappa shape index (κ1) is 15.0. The van der Waals surface area contributed by atoms with Crippen LogP contribution in [0.2, 0.25) is 0 Å². The molecule has 1 aliphatic rings. The molecule has 1 fully saturated rings. The molecule has 0 spiro atoms. The maximum absolute atomic E-state index is 12.4. The van der Waals surface area contributed by atoms with Crippen molar-refractivity contribution in [2.75, 3.05) is 13.1 Å². The summed E-state index contributed by atoms with van der Waals surface area (Å²) in [5.41, 5.74) is 0.720. The fourth-order valence-corrected chi connectivity index (χ4v) is 4.27. The van der Waals surface area contributed by atoms with E-state index in [1.807, 2.05) is 13.0 Å². The van der Waals surface area contributed by atoms with E-state index in [4.69, 9.17) is 5.11 Å². The van der Waals surface area contributed by atoms with E-state index in [2.05, 4.69) is 0 Å². The highest BCUT2D eigenvalue weighted by Gasteiger charge is 2.35. The minimum absolute atomic E-state index is 0.0652. The fraction of sp³-hybridized carbons (Fsp3) is 0.500. The highest BCUT2D eigenvalue weighted by molar-refractivity contribution is 7.88. The van der Waals surface area contributed by atoms with Gasteiger partial charge in [0, 0.05) is 13.1 Å². The highest BCUT2D eigenvalue weighted by atomic mass is 32.2. The lowest BCUT2D eigenvalue weighted by molar-refractivity contribution is -0.143. The van der Waals surface area contributed by atoms with Crippen LogP contribution in [0.4, 0.5) is 0 Å². The Morgan fingerprint density at radius 2 is 1.95 bits per heavy atom. The molecule has 1 saturated heterocycles. The van der Waals surface area contributed by atoms with Crippen LogP contribution in [0.15, 0.2) is 30.3 Å². The maximum Gasteiger partial charge on any atom is 0.307 e. The number of rotatable bonds is 4. The normalized spacial score (nSPS) is 24.4. The zero-order chi connectivity index (χ0) is 14.8. The minimum atomic E-state index is -3.47. The van der Waals surface area contributed by atoms with Gasteiger partial charge in [0.1, 0.15) is 0 Å². The maximum atomic E-state index is 12.4. The van der Waals surface area contributed by atoms with Gasteiger partial charge in [-0.3, -0.25) is 4.79 Å². The molecule has 6 heteroatoms. The molecule has 0 aromatic heterocycles. The lowest BCUT2D eigenvalue weighted by Gasteiger charge is -2.33. The molecule has 1 heterocycles. The van der Waals surface area contributed by atoms with Gasteiger partial charge < -0.3 is 5.11 Å². The van der Waals surface area contributed by atoms with Crippen molar-refractivity contribution >= 4 is 16.0 Å². The second-order valence-corrected chi connectivity index (χ2v) is 7.40. The first-order valence-electron chi connectivity index (χ1n) is 6.63. The van der Waals surface area contributed by atoms with E-state index >= 15 is 0 Å². The summed E-state index contributed by atoms with van der Waals surface area (Å²) in [5.74, 6) is -1.54. The quantitative estimate of drug-likeness (QED) is 0.915. The van der Waals surface area contributed by atoms with Crippen LogP contribution in [0.3, 0.4) is 0 Å². The Kier molecular flexibility index (Phi) is 4.45. The third-order valence-corrected chi connectivity index (χ3v) is 5.34. The average Bonchev–Trinajstić information content (AvgIpc) is 2.38. The third-order valence-electron chi connectivity index (χ3n) is 3.56. The molecule has 0 saturated carbocycles. The summed E-state index contributed by atoms with van der Waals surface area (Å²) in [7, 11) is -3.47. The smallest absolute Gasteiger partial charge is 0.307 e. The van der Waals surface area contributed by atoms with E-state index < -0.39 is 21.9 Å². The lowest BCUT2D eigenvalue weighted by Crippen LogP contribution is -2.45. The van der Waals surface area contributed by atoms with Crippen LogP contribution >= 0.6 is 0 Å². The standard InChI is InChI=1S/C14H19NO4S/c1-11-7-13(14(16)17)9-15(8-11)20(18,19)10-12-5-3-2-4-6-12/h2-6,11,13H,7-10H2,1H3,(H,16,17). The van der Waals surface area contributed by atoms with Gasteiger partial charge in [-0.1, -0.05) is 37.3 Å². The molecule has 2 unspecified atom stereocenters. The molecule has 0 radical (unpaired) electrons. The van der Waals surface area contributed by atoms with Crippen molar-refractivity contribution in [1.29, 1.82) is 0 Å². The van der Waals surface area contributed by atoms with Crippen LogP contribution in [0.25, 0.3) is 0 Å². The number of benzene rings is 1. The highest BCUT2D eigenvalue weighted by Crippen LogP contribution is 2.25. The molecule has 2 atom stereocenters. The Balaban J connectivity index is 2.14. The van der Waals surface area contributed by atoms with E-state index in [1.165, 1.54) is 4.31 Å². The predicted octanol–water partition coefficient (Wildman–Crippen LogP) is 1.56. The summed E-state index contributed by atoms with van der Waals surface area (Å²) in [4.78, 5) is 11.1. The number of sulfonamides is 1. The Morgan fingerprint density at radius 3 is 2.55 bits per heavy atom. The van der Waals surface area contributed by atoms with Crippen LogP contribution < -0.4 is 0 Å². The van der Waals surface area contributed by atoms with Gasteiger partial charge in [-0.05, 0) is 17.9 Å². The van der Waals surface area contributed by atoms with Crippen molar-refractivity contribution < 1.29 is 18.3 Å². The minimum Gasteiger partial charge on any atom is -0.481 e. The van der Waals surface area contributed by atoms with Gasteiger partial charge in [-0.15, -0.1) is 0 Å². The first-order valence-corrected chi connectivity index (χ1v) is 8.24. The number of piperidine rings is 1. The van der Waals surface area contributed by atoms with E-state index in [-0.39, 0.29) is 18.2 Å². The van der Waals surface area contributed by atoms with Gasteiger partial charge in [-0.2, -0.15) is 0 Å². The molecular formula is C14H19NO4S. The zero-order valence-corrected chi connectivity index (χ0v) is 12.2. The van der Waals surface area contributed by atoms with E-state index in [1.54, 1.807) is 24.3 Å². The lowest BCUT2D eigenvalue weighted by atomic mass is 9.92. The number of hydrogen-bond acceptors (Lipinski definition) is 3. The molecule has 20 heavy (non-hydrogen) atoms. The van der Waals surface area contributed by atoms with Crippen LogP contribution in [0, 0.1) is 11.8 Å². The first-order chi connectivity index (χ1) is 9.38. The van der Waals surface area contributed by atoms with E-state index in [0.29, 0.717) is 13.0 Å². The third kappa shape index (κ3) is 3.58. The van der Waals surface area contributed by atoms with Gasteiger partial charge in [-0.25, -0.2) is 12.7 Å². The van der Waals surface area contributed by atoms with Crippen molar-refractivity contribution in [3.05, 3.63) is 35.9 Å². The topological polar surface area (TPSA) is 74.7 Å². The molecule has 5 nitrogen and oxygen atoms in total. The van der Waals surface area contributed by atoms with Crippen molar-refractivity contribution in [2.24, 2.45) is 11.8 Å². The molecule has 1 aromatic rings. The summed E-state index contributed by atoms with van der Waals surface area (Å²) in [5, 5.41) is 9.11. The SMILES string of the molecule is CC1CC(C(=O)O)CN(S(=O)(=O)Cc2ccccc2)C1. The predicted molar refractivity (Wildman–Crippen MR) is 75.5 cm³/mol. The van der Waals surface area contributed by atoms with Crippen LogP contribution in [-0.4, -0.2) is 36.9 Å². The van der Waals surface area contributed by atoms with Crippen molar-refractivity contribution in [1.82, 2.24) is 4.31 Å². The van der Waals surface area contributed by atoms with E-state index in [0.717, 1.165) is 5.56 Å². The van der Waals surface area contributed by atoms with Crippen molar-refractivity contribution in [3.8, 4) is 0 Å². The number of carbonyl (C=O) groups is 1. The number of hydrogen-bond donors (Lipinski definition) is 1. The van der Waals surface area contributed by atoms with E-state index in [9.17, 15) is 13.2 Å². The Labute approximate surface area is 119 Å². The Morgan fingerprint density at radius 1 is 1.30 bits per heavy atom. The monoisotopic (exact) mass is 297 g/mol. The largest absolute Gasteiger partial charge is 0.481 e. The second kappa shape index (κ2) is 5.93. The number of carboxylic acids is 1. The van der Waals surface area contributed by atoms with Crippen LogP contribution in [0.1, 0.15) is 18.9 Å². The van der Waals surface area contributed by atoms with Crippen LogP contribution in [-0.2, 0) is 20.6 Å². The molecule has 1 aromatic carbocycles. The summed E-state index contributed by atoms with van der Waals surface area (Å²) < 4.78 is 26.1. The number of aliphatic carboxylic acids is 1. The Bertz CT molecular complexity index is 570. The zero-order valence-electron chi connectivity index (χ0n) is 11.4. The molecule has 1 aliphatic heterocycles. The number of nitrogens with zero attached hydrogens (tertiary/aromatic N) is 1. The van der Waals surface area contributed by atoms with Crippen molar-refractivity contribution in [2.45, 2.75) is 19.1 Å². The molecule has 2 rings (SSSR count). The fourth-order valence-electron chi connectivity index (χ4n) is 2.58.